The van der Waals surface area contributed by atoms with Crippen molar-refractivity contribution in [2.45, 2.75) is 58.4 Å². The average Bonchev–Trinajstić information content (AvgIpc) is 3.23. The van der Waals surface area contributed by atoms with E-state index in [-0.39, 0.29) is 5.91 Å². The normalized spacial score (nSPS) is 15.1. The molecular formula is C15H30N4O. The van der Waals surface area contributed by atoms with Crippen LogP contribution in [0.25, 0.3) is 0 Å². The third-order valence-electron chi connectivity index (χ3n) is 3.31. The second-order valence-electron chi connectivity index (χ2n) is 5.46. The molecule has 0 saturated heterocycles. The van der Waals surface area contributed by atoms with Crippen molar-refractivity contribution in [1.29, 1.82) is 0 Å². The highest BCUT2D eigenvalue weighted by Gasteiger charge is 2.22. The van der Waals surface area contributed by atoms with Gasteiger partial charge in [-0.25, -0.2) is 0 Å². The smallest absolute Gasteiger partial charge is 0.220 e. The molecule has 1 aliphatic carbocycles. The van der Waals surface area contributed by atoms with Gasteiger partial charge in [0.05, 0.1) is 0 Å². The summed E-state index contributed by atoms with van der Waals surface area (Å²) in [6.07, 6.45) is 6.05. The lowest BCUT2D eigenvalue weighted by molar-refractivity contribution is -0.121. The Balaban J connectivity index is 2.24. The highest BCUT2D eigenvalue weighted by molar-refractivity contribution is 5.79. The van der Waals surface area contributed by atoms with E-state index >= 15 is 0 Å². The molecule has 1 saturated carbocycles. The molecule has 5 nitrogen and oxygen atoms in total. The lowest BCUT2D eigenvalue weighted by atomic mass is 10.3. The van der Waals surface area contributed by atoms with Crippen LogP contribution in [0.3, 0.4) is 0 Å². The van der Waals surface area contributed by atoms with Crippen LogP contribution >= 0.6 is 0 Å². The summed E-state index contributed by atoms with van der Waals surface area (Å²) in [6, 6.07) is 0.462. The van der Waals surface area contributed by atoms with Gasteiger partial charge in [-0.05, 0) is 32.6 Å². The Labute approximate surface area is 123 Å². The van der Waals surface area contributed by atoms with Crippen LogP contribution in [0, 0.1) is 0 Å². The molecule has 0 aliphatic heterocycles. The van der Waals surface area contributed by atoms with Crippen LogP contribution in [0.2, 0.25) is 0 Å². The van der Waals surface area contributed by atoms with Crippen molar-refractivity contribution in [3.63, 3.8) is 0 Å². The van der Waals surface area contributed by atoms with Gasteiger partial charge in [-0.1, -0.05) is 13.3 Å². The molecule has 116 valence electrons. The Hall–Kier alpha value is -1.26. The second-order valence-corrected chi connectivity index (χ2v) is 5.46. The van der Waals surface area contributed by atoms with E-state index in [0.717, 1.165) is 38.3 Å². The van der Waals surface area contributed by atoms with E-state index in [1.165, 1.54) is 12.8 Å². The van der Waals surface area contributed by atoms with Crippen LogP contribution in [-0.4, -0.2) is 49.5 Å². The minimum atomic E-state index is 0.173. The summed E-state index contributed by atoms with van der Waals surface area (Å²) in [5.41, 5.74) is 0. The molecule has 5 heteroatoms. The third kappa shape index (κ3) is 7.36. The number of nitrogens with zero attached hydrogens (tertiary/aromatic N) is 2. The Morgan fingerprint density at radius 2 is 2.05 bits per heavy atom. The predicted octanol–water partition coefficient (Wildman–Crippen LogP) is 1.74. The van der Waals surface area contributed by atoms with E-state index in [4.69, 9.17) is 0 Å². The maximum Gasteiger partial charge on any atom is 0.220 e. The van der Waals surface area contributed by atoms with Gasteiger partial charge in [0.15, 0.2) is 5.96 Å². The van der Waals surface area contributed by atoms with Gasteiger partial charge in [-0.15, -0.1) is 0 Å². The largest absolute Gasteiger partial charge is 0.357 e. The van der Waals surface area contributed by atoms with Crippen LogP contribution in [0.1, 0.15) is 52.4 Å². The van der Waals surface area contributed by atoms with E-state index in [1.807, 2.05) is 0 Å². The molecule has 2 N–H and O–H groups in total. The number of carbonyl (C=O) groups excluding carboxylic acids is 1. The average molecular weight is 282 g/mol. The minimum Gasteiger partial charge on any atom is -0.357 e. The van der Waals surface area contributed by atoms with Gasteiger partial charge in [0, 0.05) is 39.1 Å². The molecule has 1 rings (SSSR count). The first-order valence-corrected chi connectivity index (χ1v) is 7.96. The van der Waals surface area contributed by atoms with Crippen LogP contribution < -0.4 is 10.6 Å². The molecule has 1 fully saturated rings. The fourth-order valence-corrected chi connectivity index (χ4v) is 1.92. The molecule has 0 radical (unpaired) electrons. The maximum atomic E-state index is 11.6. The molecule has 0 aromatic rings. The van der Waals surface area contributed by atoms with Crippen molar-refractivity contribution < 1.29 is 4.79 Å². The van der Waals surface area contributed by atoms with E-state index in [2.05, 4.69) is 41.4 Å². The fraction of sp³-hybridized carbons (Fsp3) is 0.867. The van der Waals surface area contributed by atoms with Gasteiger partial charge in [0.2, 0.25) is 5.91 Å². The minimum absolute atomic E-state index is 0.173. The van der Waals surface area contributed by atoms with Gasteiger partial charge in [0.25, 0.3) is 0 Å². The van der Waals surface area contributed by atoms with Crippen LogP contribution in [0.4, 0.5) is 0 Å². The number of aliphatic imine (C=N–C) groups is 1. The number of rotatable bonds is 9. The Morgan fingerprint density at radius 3 is 2.65 bits per heavy atom. The molecular weight excluding hydrogens is 252 g/mol. The molecule has 0 spiro atoms. The van der Waals surface area contributed by atoms with Gasteiger partial charge < -0.3 is 15.5 Å². The summed E-state index contributed by atoms with van der Waals surface area (Å²) in [5, 5.41) is 6.30. The summed E-state index contributed by atoms with van der Waals surface area (Å²) < 4.78 is 0. The third-order valence-corrected chi connectivity index (χ3v) is 3.31. The number of nitrogens with one attached hydrogen (secondary N) is 2. The predicted molar refractivity (Wildman–Crippen MR) is 83.9 cm³/mol. The standard InChI is InChI=1S/C15H30N4O/c1-4-6-12-19(3)15(16-5-2)17-11-7-8-14(20)18-13-9-10-13/h13H,4-12H2,1-3H3,(H,16,17)(H,18,20). The molecule has 0 heterocycles. The van der Waals surface area contributed by atoms with Crippen molar-refractivity contribution in [2.75, 3.05) is 26.7 Å². The lowest BCUT2D eigenvalue weighted by Crippen LogP contribution is -2.39. The summed E-state index contributed by atoms with van der Waals surface area (Å²) in [5.74, 6) is 1.12. The first-order valence-electron chi connectivity index (χ1n) is 7.96. The van der Waals surface area contributed by atoms with Crippen LogP contribution in [0.15, 0.2) is 4.99 Å². The number of carbonyl (C=O) groups is 1. The van der Waals surface area contributed by atoms with Gasteiger partial charge in [-0.2, -0.15) is 0 Å². The first-order chi connectivity index (χ1) is 9.67. The summed E-state index contributed by atoms with van der Waals surface area (Å²) in [4.78, 5) is 18.3. The Morgan fingerprint density at radius 1 is 1.30 bits per heavy atom. The topological polar surface area (TPSA) is 56.7 Å². The zero-order valence-corrected chi connectivity index (χ0v) is 13.2. The van der Waals surface area contributed by atoms with E-state index in [0.29, 0.717) is 19.0 Å². The summed E-state index contributed by atoms with van der Waals surface area (Å²) in [7, 11) is 2.07. The molecule has 1 aliphatic rings. The number of amides is 1. The fourth-order valence-electron chi connectivity index (χ4n) is 1.92. The molecule has 1 amide bonds. The van der Waals surface area contributed by atoms with E-state index in [9.17, 15) is 4.79 Å². The van der Waals surface area contributed by atoms with E-state index in [1.54, 1.807) is 0 Å². The monoisotopic (exact) mass is 282 g/mol. The van der Waals surface area contributed by atoms with Crippen molar-refractivity contribution in [3.8, 4) is 0 Å². The zero-order valence-electron chi connectivity index (χ0n) is 13.2. The summed E-state index contributed by atoms with van der Waals surface area (Å²) >= 11 is 0. The molecule has 0 unspecified atom stereocenters. The van der Waals surface area contributed by atoms with Crippen LogP contribution in [-0.2, 0) is 4.79 Å². The van der Waals surface area contributed by atoms with Gasteiger partial charge in [0.1, 0.15) is 0 Å². The summed E-state index contributed by atoms with van der Waals surface area (Å²) in [6.45, 7) is 6.86. The Bertz CT molecular complexity index is 313. The highest BCUT2D eigenvalue weighted by Crippen LogP contribution is 2.18. The second kappa shape index (κ2) is 9.61. The molecule has 0 atom stereocenters. The number of hydrogen-bond acceptors (Lipinski definition) is 2. The molecule has 0 aromatic carbocycles. The molecule has 0 aromatic heterocycles. The lowest BCUT2D eigenvalue weighted by Gasteiger charge is -2.21. The maximum absolute atomic E-state index is 11.6. The molecule has 20 heavy (non-hydrogen) atoms. The number of hydrogen-bond donors (Lipinski definition) is 2. The quantitative estimate of drug-likeness (QED) is 0.385. The SMILES string of the molecule is CCCCN(C)C(=NCCCC(=O)NC1CC1)NCC. The van der Waals surface area contributed by atoms with Crippen molar-refractivity contribution in [1.82, 2.24) is 15.5 Å². The number of unbranched alkanes of at least 4 members (excludes halogenated alkanes) is 1. The Kier molecular flexibility index (Phi) is 8.07. The first kappa shape index (κ1) is 16.8. The van der Waals surface area contributed by atoms with Gasteiger partial charge >= 0.3 is 0 Å². The van der Waals surface area contributed by atoms with Crippen LogP contribution in [0.5, 0.6) is 0 Å². The van der Waals surface area contributed by atoms with Crippen molar-refractivity contribution >= 4 is 11.9 Å². The van der Waals surface area contributed by atoms with Gasteiger partial charge in [-0.3, -0.25) is 9.79 Å². The zero-order chi connectivity index (χ0) is 14.8. The highest BCUT2D eigenvalue weighted by atomic mass is 16.1. The van der Waals surface area contributed by atoms with Crippen molar-refractivity contribution in [2.24, 2.45) is 4.99 Å². The molecule has 0 bridgehead atoms. The number of guanidine groups is 1. The van der Waals surface area contributed by atoms with E-state index < -0.39 is 0 Å². The van der Waals surface area contributed by atoms with Crippen molar-refractivity contribution in [3.05, 3.63) is 0 Å².